The first-order chi connectivity index (χ1) is 17.1. The van der Waals surface area contributed by atoms with Crippen molar-refractivity contribution in [2.24, 2.45) is 0 Å². The molecule has 0 saturated carbocycles. The van der Waals surface area contributed by atoms with Crippen molar-refractivity contribution in [2.75, 3.05) is 32.1 Å². The number of nitrogens with zero attached hydrogens (tertiary/aromatic N) is 2. The third kappa shape index (κ3) is 6.26. The van der Waals surface area contributed by atoms with Crippen molar-refractivity contribution in [1.29, 1.82) is 0 Å². The molecule has 1 fully saturated rings. The van der Waals surface area contributed by atoms with Crippen LogP contribution in [0, 0.1) is 0 Å². The number of carbonyl (C=O) groups excluding carboxylic acids is 1. The smallest absolute Gasteiger partial charge is 0.275 e. The molecule has 0 spiro atoms. The van der Waals surface area contributed by atoms with E-state index in [2.05, 4.69) is 21.6 Å². The number of thiocarbonyl (C=S) groups is 1. The van der Waals surface area contributed by atoms with Gasteiger partial charge in [-0.1, -0.05) is 42.5 Å². The molecular weight excluding hydrogens is 476 g/mol. The van der Waals surface area contributed by atoms with Gasteiger partial charge < -0.3 is 20.3 Å². The van der Waals surface area contributed by atoms with Crippen LogP contribution >= 0.6 is 23.6 Å². The van der Waals surface area contributed by atoms with Gasteiger partial charge in [-0.05, 0) is 49.7 Å². The highest BCUT2D eigenvalue weighted by Crippen LogP contribution is 2.33. The summed E-state index contributed by atoms with van der Waals surface area (Å²) in [6.45, 7) is 4.52. The van der Waals surface area contributed by atoms with E-state index in [1.807, 2.05) is 66.9 Å². The minimum Gasteiger partial charge on any atom is -0.497 e. The van der Waals surface area contributed by atoms with Gasteiger partial charge in [-0.15, -0.1) is 11.3 Å². The number of amides is 1. The summed E-state index contributed by atoms with van der Waals surface area (Å²) in [5.74, 6) is 0.807. The topological polar surface area (TPSA) is 66.5 Å². The van der Waals surface area contributed by atoms with E-state index in [1.54, 1.807) is 18.4 Å². The Morgan fingerprint density at radius 1 is 1.23 bits per heavy atom. The molecule has 2 aromatic carbocycles. The number of carbonyl (C=O) groups is 1. The molecule has 0 bridgehead atoms. The van der Waals surface area contributed by atoms with Gasteiger partial charge >= 0.3 is 0 Å². The third-order valence-electron chi connectivity index (χ3n) is 6.05. The average Bonchev–Trinajstić information content (AvgIpc) is 3.40. The largest absolute Gasteiger partial charge is 0.497 e. The number of benzene rings is 2. The number of hydrogen-bond donors (Lipinski definition) is 2. The zero-order valence-corrected chi connectivity index (χ0v) is 21.6. The molecule has 0 radical (unpaired) electrons. The monoisotopic (exact) mass is 506 g/mol. The first-order valence-corrected chi connectivity index (χ1v) is 13.0. The van der Waals surface area contributed by atoms with E-state index >= 15 is 0 Å². The van der Waals surface area contributed by atoms with Gasteiger partial charge in [0.05, 0.1) is 17.8 Å². The van der Waals surface area contributed by atoms with Crippen molar-refractivity contribution < 1.29 is 9.53 Å². The molecule has 35 heavy (non-hydrogen) atoms. The molecule has 2 heterocycles. The summed E-state index contributed by atoms with van der Waals surface area (Å²) >= 11 is 7.07. The van der Waals surface area contributed by atoms with E-state index in [9.17, 15) is 4.79 Å². The lowest BCUT2D eigenvalue weighted by molar-refractivity contribution is 0.102. The molecule has 4 rings (SSSR count). The van der Waals surface area contributed by atoms with E-state index in [-0.39, 0.29) is 5.91 Å². The lowest BCUT2D eigenvalue weighted by atomic mass is 9.98. The molecule has 3 aromatic rings. The van der Waals surface area contributed by atoms with E-state index in [1.165, 1.54) is 0 Å². The maximum absolute atomic E-state index is 13.1. The molecule has 1 aromatic heterocycles. The summed E-state index contributed by atoms with van der Waals surface area (Å²) in [5, 5.41) is 9.98. The average molecular weight is 507 g/mol. The van der Waals surface area contributed by atoms with Gasteiger partial charge in [0.25, 0.3) is 5.91 Å². The number of nitrogens with one attached hydrogen (secondary N) is 2. The Morgan fingerprint density at radius 3 is 2.71 bits per heavy atom. The van der Waals surface area contributed by atoms with Crippen molar-refractivity contribution in [3.05, 3.63) is 76.8 Å². The minimum absolute atomic E-state index is 0.218. The number of rotatable bonds is 7. The number of thiazole rings is 1. The Bertz CT molecular complexity index is 1180. The van der Waals surface area contributed by atoms with Crippen LogP contribution in [0.15, 0.2) is 66.1 Å². The van der Waals surface area contributed by atoms with Crippen molar-refractivity contribution in [2.45, 2.75) is 25.7 Å². The summed E-state index contributed by atoms with van der Waals surface area (Å²) in [4.78, 5) is 20.0. The number of allylic oxidation sites excluding steroid dienone is 1. The highest BCUT2D eigenvalue weighted by Gasteiger charge is 2.25. The number of likely N-dealkylation sites (tertiary alicyclic amines) is 1. The molecule has 1 saturated heterocycles. The zero-order chi connectivity index (χ0) is 24.6. The van der Waals surface area contributed by atoms with Crippen molar-refractivity contribution in [3.8, 4) is 16.9 Å². The summed E-state index contributed by atoms with van der Waals surface area (Å²) in [6, 6.07) is 15.7. The predicted molar refractivity (Wildman–Crippen MR) is 147 cm³/mol. The molecule has 0 aliphatic carbocycles. The maximum Gasteiger partial charge on any atom is 0.275 e. The van der Waals surface area contributed by atoms with Gasteiger partial charge in [-0.2, -0.15) is 0 Å². The van der Waals surface area contributed by atoms with Crippen LogP contribution in [-0.4, -0.2) is 47.6 Å². The minimum atomic E-state index is -0.218. The second-order valence-corrected chi connectivity index (χ2v) is 9.60. The highest BCUT2D eigenvalue weighted by molar-refractivity contribution is 7.80. The maximum atomic E-state index is 13.1. The van der Waals surface area contributed by atoms with E-state index < -0.39 is 0 Å². The number of aromatic nitrogens is 1. The Labute approximate surface area is 216 Å². The Kier molecular flexibility index (Phi) is 8.50. The Morgan fingerprint density at radius 2 is 2.00 bits per heavy atom. The highest BCUT2D eigenvalue weighted by atomic mass is 32.1. The van der Waals surface area contributed by atoms with Crippen LogP contribution in [0.1, 0.15) is 41.2 Å². The van der Waals surface area contributed by atoms with Crippen LogP contribution in [0.25, 0.3) is 11.1 Å². The van der Waals surface area contributed by atoms with Gasteiger partial charge in [0.2, 0.25) is 0 Å². The summed E-state index contributed by atoms with van der Waals surface area (Å²) in [7, 11) is 1.62. The summed E-state index contributed by atoms with van der Waals surface area (Å²) in [6.07, 6.45) is 5.99. The van der Waals surface area contributed by atoms with Crippen molar-refractivity contribution in [1.82, 2.24) is 15.2 Å². The SMILES string of the molecule is C/C=C/CNC(=S)N1CCC(c2nc(C(=O)Nc3cc(OC)ccc3-c3ccccc3)cs2)CC1. The van der Waals surface area contributed by atoms with E-state index in [0.717, 1.165) is 53.7 Å². The number of ether oxygens (including phenoxy) is 1. The van der Waals surface area contributed by atoms with Gasteiger partial charge in [-0.3, -0.25) is 4.79 Å². The fourth-order valence-corrected chi connectivity index (χ4v) is 5.33. The van der Waals surface area contributed by atoms with Crippen LogP contribution in [0.5, 0.6) is 5.75 Å². The predicted octanol–water partition coefficient (Wildman–Crippen LogP) is 5.70. The van der Waals surface area contributed by atoms with Crippen LogP contribution in [-0.2, 0) is 0 Å². The first-order valence-electron chi connectivity index (χ1n) is 11.7. The van der Waals surface area contributed by atoms with Gasteiger partial charge in [0.1, 0.15) is 11.4 Å². The number of anilines is 1. The molecular formula is C27H30N4O2S2. The molecule has 1 amide bonds. The fourth-order valence-electron chi connectivity index (χ4n) is 4.09. The zero-order valence-electron chi connectivity index (χ0n) is 20.0. The standard InChI is InChI=1S/C27H30N4O2S2/c1-3-4-14-28-27(34)31-15-12-20(13-16-31)26-30-24(18-35-26)25(32)29-23-17-21(33-2)10-11-22(23)19-8-6-5-7-9-19/h3-11,17-18,20H,12-16H2,1-2H3,(H,28,34)(H,29,32)/b4-3+. The number of hydrogen-bond acceptors (Lipinski definition) is 5. The number of methoxy groups -OCH3 is 1. The second-order valence-electron chi connectivity index (χ2n) is 8.32. The van der Waals surface area contributed by atoms with Crippen LogP contribution in [0.4, 0.5) is 5.69 Å². The lowest BCUT2D eigenvalue weighted by Gasteiger charge is -2.33. The molecule has 0 atom stereocenters. The second kappa shape index (κ2) is 12.0. The van der Waals surface area contributed by atoms with Gasteiger partial charge in [-0.25, -0.2) is 4.98 Å². The molecule has 2 N–H and O–H groups in total. The Balaban J connectivity index is 1.41. The molecule has 0 unspecified atom stereocenters. The molecule has 8 heteroatoms. The third-order valence-corrected chi connectivity index (χ3v) is 7.46. The normalized spacial score (nSPS) is 14.2. The van der Waals surface area contributed by atoms with Gasteiger partial charge in [0, 0.05) is 42.6 Å². The molecule has 182 valence electrons. The number of piperidine rings is 1. The lowest BCUT2D eigenvalue weighted by Crippen LogP contribution is -2.43. The van der Waals surface area contributed by atoms with E-state index in [0.29, 0.717) is 23.0 Å². The van der Waals surface area contributed by atoms with Crippen LogP contribution in [0.3, 0.4) is 0 Å². The van der Waals surface area contributed by atoms with Gasteiger partial charge in [0.15, 0.2) is 5.11 Å². The fraction of sp³-hybridized carbons (Fsp3) is 0.296. The quantitative estimate of drug-likeness (QED) is 0.317. The molecule has 6 nitrogen and oxygen atoms in total. The van der Waals surface area contributed by atoms with Crippen molar-refractivity contribution in [3.63, 3.8) is 0 Å². The molecule has 1 aliphatic rings. The van der Waals surface area contributed by atoms with Crippen LogP contribution in [0.2, 0.25) is 0 Å². The van der Waals surface area contributed by atoms with Crippen LogP contribution < -0.4 is 15.4 Å². The summed E-state index contributed by atoms with van der Waals surface area (Å²) < 4.78 is 5.38. The first kappa shape index (κ1) is 24.9. The van der Waals surface area contributed by atoms with E-state index in [4.69, 9.17) is 21.9 Å². The molecule has 1 aliphatic heterocycles. The Hall–Kier alpha value is -3.23. The van der Waals surface area contributed by atoms with Crippen molar-refractivity contribution >= 4 is 40.3 Å². The summed E-state index contributed by atoms with van der Waals surface area (Å²) in [5.41, 5.74) is 3.09.